The van der Waals surface area contributed by atoms with Gasteiger partial charge in [-0.15, -0.1) is 0 Å². The SMILES string of the molecule is O=C1CCCC[C@]2(CN(C(=O)c3ccccc3Cn3ccnc3)C[C@H]2c2ccccc2)N1. The second-order valence-electron chi connectivity index (χ2n) is 8.95. The summed E-state index contributed by atoms with van der Waals surface area (Å²) in [6, 6.07) is 18.1. The molecule has 3 heterocycles. The smallest absolute Gasteiger partial charge is 0.254 e. The van der Waals surface area contributed by atoms with Gasteiger partial charge in [0.25, 0.3) is 5.91 Å². The number of hydrogen-bond acceptors (Lipinski definition) is 3. The van der Waals surface area contributed by atoms with Crippen LogP contribution >= 0.6 is 0 Å². The summed E-state index contributed by atoms with van der Waals surface area (Å²) in [4.78, 5) is 32.4. The lowest BCUT2D eigenvalue weighted by Gasteiger charge is -2.34. The van der Waals surface area contributed by atoms with Crippen molar-refractivity contribution in [3.63, 3.8) is 0 Å². The molecular weight excluding hydrogens is 400 g/mol. The molecule has 0 bridgehead atoms. The molecule has 2 aromatic carbocycles. The number of imidazole rings is 1. The zero-order valence-electron chi connectivity index (χ0n) is 18.1. The molecule has 0 aliphatic carbocycles. The Morgan fingerprint density at radius 2 is 1.91 bits per heavy atom. The summed E-state index contributed by atoms with van der Waals surface area (Å²) in [5, 5.41) is 3.34. The molecule has 6 heteroatoms. The Morgan fingerprint density at radius 3 is 2.72 bits per heavy atom. The molecule has 164 valence electrons. The van der Waals surface area contributed by atoms with Crippen LogP contribution in [0, 0.1) is 0 Å². The number of aromatic nitrogens is 2. The van der Waals surface area contributed by atoms with E-state index in [0.717, 1.165) is 24.8 Å². The van der Waals surface area contributed by atoms with E-state index in [0.29, 0.717) is 31.6 Å². The molecule has 2 aliphatic rings. The summed E-state index contributed by atoms with van der Waals surface area (Å²) < 4.78 is 1.97. The van der Waals surface area contributed by atoms with E-state index in [1.807, 2.05) is 58.1 Å². The van der Waals surface area contributed by atoms with Crippen LogP contribution in [-0.4, -0.2) is 44.9 Å². The van der Waals surface area contributed by atoms with Crippen molar-refractivity contribution < 1.29 is 9.59 Å². The number of nitrogens with zero attached hydrogens (tertiary/aromatic N) is 3. The minimum atomic E-state index is -0.413. The molecule has 1 aromatic heterocycles. The van der Waals surface area contributed by atoms with E-state index in [9.17, 15) is 9.59 Å². The molecule has 1 N–H and O–H groups in total. The number of likely N-dealkylation sites (tertiary alicyclic amines) is 1. The average molecular weight is 429 g/mol. The van der Waals surface area contributed by atoms with Crippen molar-refractivity contribution in [1.29, 1.82) is 0 Å². The van der Waals surface area contributed by atoms with Crippen LogP contribution in [0.1, 0.15) is 53.1 Å². The van der Waals surface area contributed by atoms with Crippen molar-refractivity contribution in [3.05, 3.63) is 90.0 Å². The third-order valence-corrected chi connectivity index (χ3v) is 6.86. The van der Waals surface area contributed by atoms with Gasteiger partial charge in [0, 0.05) is 49.9 Å². The van der Waals surface area contributed by atoms with Gasteiger partial charge in [-0.25, -0.2) is 4.98 Å². The van der Waals surface area contributed by atoms with Gasteiger partial charge in [0.15, 0.2) is 0 Å². The number of benzene rings is 2. The first-order valence-corrected chi connectivity index (χ1v) is 11.3. The number of rotatable bonds is 4. The summed E-state index contributed by atoms with van der Waals surface area (Å²) in [5.74, 6) is 0.200. The highest BCUT2D eigenvalue weighted by Gasteiger charge is 2.50. The van der Waals surface area contributed by atoms with E-state index in [1.54, 1.807) is 12.5 Å². The number of carbonyl (C=O) groups is 2. The highest BCUT2D eigenvalue weighted by atomic mass is 16.2. The Kier molecular flexibility index (Phi) is 5.52. The van der Waals surface area contributed by atoms with E-state index in [4.69, 9.17) is 0 Å². The van der Waals surface area contributed by atoms with Crippen molar-refractivity contribution in [2.75, 3.05) is 13.1 Å². The lowest BCUT2D eigenvalue weighted by atomic mass is 9.79. The number of nitrogens with one attached hydrogen (secondary N) is 1. The van der Waals surface area contributed by atoms with Crippen molar-refractivity contribution >= 4 is 11.8 Å². The molecule has 6 nitrogen and oxygen atoms in total. The fourth-order valence-electron chi connectivity index (χ4n) is 5.30. The Labute approximate surface area is 188 Å². The van der Waals surface area contributed by atoms with Crippen LogP contribution in [0.4, 0.5) is 0 Å². The molecule has 2 fully saturated rings. The van der Waals surface area contributed by atoms with Gasteiger partial charge in [-0.05, 0) is 30.0 Å². The maximum atomic E-state index is 13.8. The predicted molar refractivity (Wildman–Crippen MR) is 122 cm³/mol. The van der Waals surface area contributed by atoms with E-state index < -0.39 is 5.54 Å². The lowest BCUT2D eigenvalue weighted by Crippen LogP contribution is -2.52. The Balaban J connectivity index is 1.47. The first-order chi connectivity index (χ1) is 15.6. The van der Waals surface area contributed by atoms with Crippen molar-refractivity contribution in [2.24, 2.45) is 0 Å². The minimum absolute atomic E-state index is 0.0250. The summed E-state index contributed by atoms with van der Waals surface area (Å²) in [7, 11) is 0. The zero-order valence-corrected chi connectivity index (χ0v) is 18.1. The normalized spacial score (nSPS) is 23.2. The monoisotopic (exact) mass is 428 g/mol. The van der Waals surface area contributed by atoms with E-state index in [-0.39, 0.29) is 17.7 Å². The highest BCUT2D eigenvalue weighted by molar-refractivity contribution is 5.96. The van der Waals surface area contributed by atoms with Crippen LogP contribution in [0.2, 0.25) is 0 Å². The standard InChI is InChI=1S/C26H28N4O2/c31-24-12-6-7-13-26(28-24)18-30(17-23(26)20-8-2-1-3-9-20)25(32)22-11-5-4-10-21(22)16-29-15-14-27-19-29/h1-5,8-11,14-15,19,23H,6-7,12-13,16-18H2,(H,28,31)/t23-,26+/m0/s1. The van der Waals surface area contributed by atoms with Crippen LogP contribution in [0.5, 0.6) is 0 Å². The van der Waals surface area contributed by atoms with Gasteiger partial charge in [0.05, 0.1) is 11.9 Å². The quantitative estimate of drug-likeness (QED) is 0.690. The van der Waals surface area contributed by atoms with Crippen LogP contribution in [0.25, 0.3) is 0 Å². The van der Waals surface area contributed by atoms with Crippen LogP contribution in [0.15, 0.2) is 73.3 Å². The predicted octanol–water partition coefficient (Wildman–Crippen LogP) is 3.60. The summed E-state index contributed by atoms with van der Waals surface area (Å²) in [5.41, 5.74) is 2.45. The minimum Gasteiger partial charge on any atom is -0.348 e. The summed E-state index contributed by atoms with van der Waals surface area (Å²) in [6.45, 7) is 1.73. The second-order valence-corrected chi connectivity index (χ2v) is 8.95. The van der Waals surface area contributed by atoms with Crippen LogP contribution < -0.4 is 5.32 Å². The molecular formula is C26H28N4O2. The molecule has 5 rings (SSSR count). The maximum absolute atomic E-state index is 13.8. The molecule has 2 amide bonds. The number of carbonyl (C=O) groups excluding carboxylic acids is 2. The third-order valence-electron chi connectivity index (χ3n) is 6.86. The number of hydrogen-bond donors (Lipinski definition) is 1. The van der Waals surface area contributed by atoms with Crippen molar-refractivity contribution in [2.45, 2.75) is 43.7 Å². The fourth-order valence-corrected chi connectivity index (χ4v) is 5.30. The van der Waals surface area contributed by atoms with Gasteiger partial charge in [-0.1, -0.05) is 55.0 Å². The zero-order chi connectivity index (χ0) is 22.0. The molecule has 2 aliphatic heterocycles. The molecule has 0 unspecified atom stereocenters. The highest BCUT2D eigenvalue weighted by Crippen LogP contribution is 2.41. The van der Waals surface area contributed by atoms with Crippen molar-refractivity contribution in [1.82, 2.24) is 19.8 Å². The molecule has 0 radical (unpaired) electrons. The van der Waals surface area contributed by atoms with Gasteiger partial charge >= 0.3 is 0 Å². The Morgan fingerprint density at radius 1 is 1.09 bits per heavy atom. The first kappa shape index (κ1) is 20.5. The number of amides is 2. The summed E-state index contributed by atoms with van der Waals surface area (Å²) >= 11 is 0. The van der Waals surface area contributed by atoms with Crippen LogP contribution in [0.3, 0.4) is 0 Å². The molecule has 2 atom stereocenters. The Hall–Kier alpha value is -3.41. The molecule has 3 aromatic rings. The molecule has 2 saturated heterocycles. The largest absolute Gasteiger partial charge is 0.348 e. The van der Waals surface area contributed by atoms with Gasteiger partial charge in [-0.3, -0.25) is 9.59 Å². The maximum Gasteiger partial charge on any atom is 0.254 e. The second kappa shape index (κ2) is 8.61. The van der Waals surface area contributed by atoms with Gasteiger partial charge in [-0.2, -0.15) is 0 Å². The molecule has 0 saturated carbocycles. The topological polar surface area (TPSA) is 67.2 Å². The van der Waals surface area contributed by atoms with Crippen molar-refractivity contribution in [3.8, 4) is 0 Å². The van der Waals surface area contributed by atoms with E-state index in [1.165, 1.54) is 5.56 Å². The van der Waals surface area contributed by atoms with E-state index >= 15 is 0 Å². The average Bonchev–Trinajstić information content (AvgIpc) is 3.41. The van der Waals surface area contributed by atoms with Crippen LogP contribution in [-0.2, 0) is 11.3 Å². The summed E-state index contributed by atoms with van der Waals surface area (Å²) in [6.07, 6.45) is 8.74. The first-order valence-electron chi connectivity index (χ1n) is 11.3. The molecule has 1 spiro atoms. The fraction of sp³-hybridized carbons (Fsp3) is 0.346. The van der Waals surface area contributed by atoms with Gasteiger partial charge in [0.1, 0.15) is 0 Å². The van der Waals surface area contributed by atoms with Gasteiger partial charge < -0.3 is 14.8 Å². The van der Waals surface area contributed by atoms with Gasteiger partial charge in [0.2, 0.25) is 5.91 Å². The third kappa shape index (κ3) is 3.93. The van der Waals surface area contributed by atoms with E-state index in [2.05, 4.69) is 22.4 Å². The lowest BCUT2D eigenvalue weighted by molar-refractivity contribution is -0.122. The molecule has 32 heavy (non-hydrogen) atoms. The Bertz CT molecular complexity index is 1100.